The van der Waals surface area contributed by atoms with E-state index in [1.54, 1.807) is 7.11 Å². The molecule has 3 nitrogen and oxygen atoms in total. The molecule has 0 bridgehead atoms. The molecule has 18 heavy (non-hydrogen) atoms. The number of ether oxygens (including phenoxy) is 1. The van der Waals surface area contributed by atoms with Gasteiger partial charge in [0.05, 0.1) is 0 Å². The van der Waals surface area contributed by atoms with Crippen molar-refractivity contribution >= 4 is 0 Å². The monoisotopic (exact) mass is 256 g/mol. The Morgan fingerprint density at radius 1 is 1.33 bits per heavy atom. The molecule has 108 valence electrons. The van der Waals surface area contributed by atoms with Crippen LogP contribution in [0.1, 0.15) is 45.4 Å². The molecule has 1 fully saturated rings. The van der Waals surface area contributed by atoms with Crippen LogP contribution in [0.2, 0.25) is 0 Å². The summed E-state index contributed by atoms with van der Waals surface area (Å²) in [4.78, 5) is 2.45. The van der Waals surface area contributed by atoms with Gasteiger partial charge in [-0.25, -0.2) is 0 Å². The van der Waals surface area contributed by atoms with Crippen molar-refractivity contribution in [3.8, 4) is 0 Å². The van der Waals surface area contributed by atoms with Gasteiger partial charge in [-0.1, -0.05) is 19.8 Å². The van der Waals surface area contributed by atoms with Gasteiger partial charge in [0.1, 0.15) is 0 Å². The summed E-state index contributed by atoms with van der Waals surface area (Å²) in [5, 5.41) is 3.66. The van der Waals surface area contributed by atoms with E-state index in [-0.39, 0.29) is 0 Å². The highest BCUT2D eigenvalue weighted by molar-refractivity contribution is 4.94. The number of hydrogen-bond acceptors (Lipinski definition) is 3. The van der Waals surface area contributed by atoms with Gasteiger partial charge < -0.3 is 15.0 Å². The summed E-state index contributed by atoms with van der Waals surface area (Å²) in [6, 6.07) is 0. The number of nitrogens with one attached hydrogen (secondary N) is 1. The molecule has 0 aromatic heterocycles. The first-order valence-electron chi connectivity index (χ1n) is 7.48. The molecule has 2 unspecified atom stereocenters. The minimum absolute atomic E-state index is 0.388. The van der Waals surface area contributed by atoms with Crippen LogP contribution in [0.15, 0.2) is 0 Å². The molecule has 0 spiro atoms. The van der Waals surface area contributed by atoms with Crippen LogP contribution in [0.25, 0.3) is 0 Å². The number of nitrogens with zero attached hydrogens (tertiary/aromatic N) is 1. The van der Waals surface area contributed by atoms with Crippen LogP contribution in [0.3, 0.4) is 0 Å². The maximum Gasteiger partial charge on any atom is 0.0462 e. The zero-order valence-corrected chi connectivity index (χ0v) is 12.8. The van der Waals surface area contributed by atoms with Crippen LogP contribution in [-0.2, 0) is 4.74 Å². The molecule has 0 radical (unpaired) electrons. The molecule has 1 rings (SSSR count). The van der Waals surface area contributed by atoms with Gasteiger partial charge in [-0.3, -0.25) is 0 Å². The van der Waals surface area contributed by atoms with Crippen molar-refractivity contribution in [2.24, 2.45) is 5.92 Å². The number of likely N-dealkylation sites (N-methyl/N-ethyl adjacent to an activating group) is 1. The fourth-order valence-corrected chi connectivity index (χ4v) is 3.17. The summed E-state index contributed by atoms with van der Waals surface area (Å²) >= 11 is 0. The Bertz CT molecular complexity index is 221. The van der Waals surface area contributed by atoms with Gasteiger partial charge >= 0.3 is 0 Å². The third kappa shape index (κ3) is 4.87. The van der Waals surface area contributed by atoms with Crippen molar-refractivity contribution in [1.29, 1.82) is 0 Å². The molecule has 0 heterocycles. The van der Waals surface area contributed by atoms with E-state index in [9.17, 15) is 0 Å². The molecule has 1 N–H and O–H groups in total. The zero-order valence-electron chi connectivity index (χ0n) is 12.8. The van der Waals surface area contributed by atoms with E-state index in [2.05, 4.69) is 31.2 Å². The summed E-state index contributed by atoms with van der Waals surface area (Å²) in [6.45, 7) is 5.54. The van der Waals surface area contributed by atoms with Gasteiger partial charge in [0, 0.05) is 25.8 Å². The maximum atomic E-state index is 5.07. The van der Waals surface area contributed by atoms with Crippen LogP contribution in [0.4, 0.5) is 0 Å². The molecule has 2 atom stereocenters. The lowest BCUT2D eigenvalue weighted by atomic mass is 9.75. The Morgan fingerprint density at radius 2 is 2.11 bits per heavy atom. The molecule has 0 aliphatic heterocycles. The second-order valence-corrected chi connectivity index (χ2v) is 6.20. The molecule has 1 aliphatic carbocycles. The smallest absolute Gasteiger partial charge is 0.0462 e. The standard InChI is InChI=1S/C15H32N2O/c1-14-8-7-9-15(12-14,17(2)3)13-16-10-5-6-11-18-4/h14,16H,5-13H2,1-4H3. The summed E-state index contributed by atoms with van der Waals surface area (Å²) in [5.41, 5.74) is 0.388. The molecule has 1 saturated carbocycles. The van der Waals surface area contributed by atoms with Gasteiger partial charge in [0.15, 0.2) is 0 Å². The van der Waals surface area contributed by atoms with Crippen LogP contribution < -0.4 is 5.32 Å². The third-order valence-corrected chi connectivity index (χ3v) is 4.42. The maximum absolute atomic E-state index is 5.07. The minimum Gasteiger partial charge on any atom is -0.385 e. The van der Waals surface area contributed by atoms with Crippen molar-refractivity contribution in [2.45, 2.75) is 51.0 Å². The average molecular weight is 256 g/mol. The number of unbranched alkanes of at least 4 members (excludes halogenated alkanes) is 1. The summed E-state index contributed by atoms with van der Waals surface area (Å²) in [6.07, 6.45) is 7.84. The van der Waals surface area contributed by atoms with E-state index in [1.165, 1.54) is 32.1 Å². The zero-order chi connectivity index (χ0) is 13.4. The summed E-state index contributed by atoms with van der Waals surface area (Å²) < 4.78 is 5.07. The van der Waals surface area contributed by atoms with Crippen molar-refractivity contribution in [2.75, 3.05) is 40.9 Å². The van der Waals surface area contributed by atoms with Gasteiger partial charge in [-0.2, -0.15) is 0 Å². The topological polar surface area (TPSA) is 24.5 Å². The summed E-state index contributed by atoms with van der Waals surface area (Å²) in [5.74, 6) is 0.872. The highest BCUT2D eigenvalue weighted by Crippen LogP contribution is 2.35. The van der Waals surface area contributed by atoms with E-state index in [0.29, 0.717) is 5.54 Å². The van der Waals surface area contributed by atoms with Crippen molar-refractivity contribution in [3.05, 3.63) is 0 Å². The molecule has 3 heteroatoms. The Kier molecular flexibility index (Phi) is 7.20. The van der Waals surface area contributed by atoms with E-state index in [1.807, 2.05) is 0 Å². The quantitative estimate of drug-likeness (QED) is 0.675. The molecule has 0 aromatic carbocycles. The number of rotatable bonds is 8. The van der Waals surface area contributed by atoms with Crippen molar-refractivity contribution in [1.82, 2.24) is 10.2 Å². The lowest BCUT2D eigenvalue weighted by molar-refractivity contribution is 0.0751. The van der Waals surface area contributed by atoms with Gasteiger partial charge in [-0.15, -0.1) is 0 Å². The second kappa shape index (κ2) is 8.13. The first kappa shape index (κ1) is 15.9. The van der Waals surface area contributed by atoms with Crippen LogP contribution in [0.5, 0.6) is 0 Å². The Morgan fingerprint density at radius 3 is 2.72 bits per heavy atom. The molecule has 0 amide bonds. The molecule has 0 aromatic rings. The fourth-order valence-electron chi connectivity index (χ4n) is 3.17. The third-order valence-electron chi connectivity index (χ3n) is 4.42. The van der Waals surface area contributed by atoms with E-state index < -0.39 is 0 Å². The predicted octanol–water partition coefficient (Wildman–Crippen LogP) is 2.51. The number of methoxy groups -OCH3 is 1. The predicted molar refractivity (Wildman–Crippen MR) is 78.0 cm³/mol. The Balaban J connectivity index is 2.29. The van der Waals surface area contributed by atoms with Crippen LogP contribution >= 0.6 is 0 Å². The van der Waals surface area contributed by atoms with E-state index in [4.69, 9.17) is 4.74 Å². The van der Waals surface area contributed by atoms with Crippen molar-refractivity contribution in [3.63, 3.8) is 0 Å². The fraction of sp³-hybridized carbons (Fsp3) is 1.00. The highest BCUT2D eigenvalue weighted by atomic mass is 16.5. The first-order chi connectivity index (χ1) is 8.60. The molecular formula is C15H32N2O. The lowest BCUT2D eigenvalue weighted by Crippen LogP contribution is -2.54. The highest BCUT2D eigenvalue weighted by Gasteiger charge is 2.36. The number of hydrogen-bond donors (Lipinski definition) is 1. The summed E-state index contributed by atoms with van der Waals surface area (Å²) in [7, 11) is 6.26. The second-order valence-electron chi connectivity index (χ2n) is 6.20. The Labute approximate surface area is 113 Å². The average Bonchev–Trinajstić information content (AvgIpc) is 2.33. The molecule has 1 aliphatic rings. The van der Waals surface area contributed by atoms with Gasteiger partial charge in [0.25, 0.3) is 0 Å². The van der Waals surface area contributed by atoms with Crippen LogP contribution in [-0.4, -0.2) is 51.3 Å². The van der Waals surface area contributed by atoms with E-state index >= 15 is 0 Å². The lowest BCUT2D eigenvalue weighted by Gasteiger charge is -2.45. The van der Waals surface area contributed by atoms with Crippen molar-refractivity contribution < 1.29 is 4.74 Å². The molecular weight excluding hydrogens is 224 g/mol. The van der Waals surface area contributed by atoms with E-state index in [0.717, 1.165) is 32.0 Å². The SMILES string of the molecule is COCCCCNCC1(N(C)C)CCCC(C)C1. The van der Waals surface area contributed by atoms with Crippen LogP contribution in [0, 0.1) is 5.92 Å². The normalized spacial score (nSPS) is 28.8. The minimum atomic E-state index is 0.388. The molecule has 0 saturated heterocycles. The largest absolute Gasteiger partial charge is 0.385 e. The first-order valence-corrected chi connectivity index (χ1v) is 7.48. The van der Waals surface area contributed by atoms with Gasteiger partial charge in [0.2, 0.25) is 0 Å². The van der Waals surface area contributed by atoms with Gasteiger partial charge in [-0.05, 0) is 52.2 Å². The Hall–Kier alpha value is -0.120.